The van der Waals surface area contributed by atoms with Gasteiger partial charge in [0.1, 0.15) is 24.2 Å². The van der Waals surface area contributed by atoms with Gasteiger partial charge in [-0.1, -0.05) is 0 Å². The second kappa shape index (κ2) is 13.1. The smallest absolute Gasteiger partial charge is 0.326 e. The average molecular weight is 471 g/mol. The molecule has 0 bridgehead atoms. The molecule has 11 N–H and O–H groups in total. The number of hydrogen-bond donors (Lipinski definition) is 9. The molecule has 15 heteroatoms. The number of carbonyl (C=O) groups excluding carboxylic acids is 4. The van der Waals surface area contributed by atoms with Crippen LogP contribution in [-0.2, 0) is 30.4 Å². The highest BCUT2D eigenvalue weighted by Gasteiger charge is 2.31. The van der Waals surface area contributed by atoms with E-state index in [1.165, 1.54) is 19.4 Å². The number of amides is 4. The van der Waals surface area contributed by atoms with Crippen LogP contribution in [0.2, 0.25) is 0 Å². The number of rotatable bonds is 14. The number of aromatic amines is 1. The Hall–Kier alpha value is -3.56. The molecule has 33 heavy (non-hydrogen) atoms. The molecule has 184 valence electrons. The summed E-state index contributed by atoms with van der Waals surface area (Å²) < 4.78 is 0. The van der Waals surface area contributed by atoms with Crippen molar-refractivity contribution in [2.45, 2.75) is 56.5 Å². The first-order chi connectivity index (χ1) is 15.5. The summed E-state index contributed by atoms with van der Waals surface area (Å²) in [5, 5.41) is 35.0. The lowest BCUT2D eigenvalue weighted by atomic mass is 10.1. The Labute approximate surface area is 188 Å². The number of nitrogens with two attached hydrogens (primary N) is 2. The predicted octanol–water partition coefficient (Wildman–Crippen LogP) is -4.54. The van der Waals surface area contributed by atoms with Crippen LogP contribution in [0.1, 0.15) is 25.5 Å². The number of H-pyrrole nitrogens is 1. The lowest BCUT2D eigenvalue weighted by molar-refractivity contribution is -0.142. The molecular formula is C18H29N7O8. The number of aliphatic hydroxyl groups is 2. The number of nitrogens with one attached hydrogen (secondary N) is 4. The summed E-state index contributed by atoms with van der Waals surface area (Å²) in [5.41, 5.74) is 11.0. The van der Waals surface area contributed by atoms with Crippen molar-refractivity contribution in [2.24, 2.45) is 11.5 Å². The number of aliphatic hydroxyl groups excluding tert-OH is 2. The zero-order valence-electron chi connectivity index (χ0n) is 17.9. The zero-order valence-corrected chi connectivity index (χ0v) is 17.9. The first-order valence-corrected chi connectivity index (χ1v) is 9.90. The van der Waals surface area contributed by atoms with E-state index in [1.54, 1.807) is 0 Å². The van der Waals surface area contributed by atoms with Gasteiger partial charge in [-0.05, 0) is 13.3 Å². The van der Waals surface area contributed by atoms with Crippen LogP contribution < -0.4 is 27.4 Å². The number of hydrogen-bond acceptors (Lipinski definition) is 9. The highest BCUT2D eigenvalue weighted by atomic mass is 16.4. The molecule has 0 aliphatic heterocycles. The van der Waals surface area contributed by atoms with Gasteiger partial charge in [0, 0.05) is 24.7 Å². The maximum absolute atomic E-state index is 12.6. The van der Waals surface area contributed by atoms with E-state index in [0.717, 1.165) is 0 Å². The predicted molar refractivity (Wildman–Crippen MR) is 111 cm³/mol. The highest BCUT2D eigenvalue weighted by molar-refractivity contribution is 5.94. The fourth-order valence-electron chi connectivity index (χ4n) is 2.60. The summed E-state index contributed by atoms with van der Waals surface area (Å²) >= 11 is 0. The number of aromatic nitrogens is 2. The summed E-state index contributed by atoms with van der Waals surface area (Å²) in [6.07, 6.45) is 0.777. The number of carbonyl (C=O) groups is 5. The van der Waals surface area contributed by atoms with Gasteiger partial charge in [0.25, 0.3) is 0 Å². The second-order valence-corrected chi connectivity index (χ2v) is 7.26. The molecule has 1 heterocycles. The largest absolute Gasteiger partial charge is 0.480 e. The molecule has 0 aliphatic carbocycles. The van der Waals surface area contributed by atoms with E-state index in [-0.39, 0.29) is 19.3 Å². The van der Waals surface area contributed by atoms with E-state index in [1.807, 2.05) is 0 Å². The normalized spacial score (nSPS) is 15.4. The number of carboxylic acid groups (broad SMARTS) is 1. The minimum atomic E-state index is -1.57. The third-order valence-corrected chi connectivity index (χ3v) is 4.54. The van der Waals surface area contributed by atoms with Gasteiger partial charge >= 0.3 is 5.97 Å². The van der Waals surface area contributed by atoms with Crippen molar-refractivity contribution < 1.29 is 39.3 Å². The van der Waals surface area contributed by atoms with Crippen molar-refractivity contribution in [1.82, 2.24) is 25.9 Å². The lowest BCUT2D eigenvalue weighted by Crippen LogP contribution is -2.59. The van der Waals surface area contributed by atoms with E-state index >= 15 is 0 Å². The molecule has 5 unspecified atom stereocenters. The van der Waals surface area contributed by atoms with Crippen molar-refractivity contribution in [3.05, 3.63) is 18.2 Å². The van der Waals surface area contributed by atoms with Crippen LogP contribution in [0.15, 0.2) is 12.5 Å². The van der Waals surface area contributed by atoms with Crippen LogP contribution in [0, 0.1) is 0 Å². The van der Waals surface area contributed by atoms with Crippen LogP contribution in [0.3, 0.4) is 0 Å². The van der Waals surface area contributed by atoms with Crippen molar-refractivity contribution in [2.75, 3.05) is 6.61 Å². The first-order valence-electron chi connectivity index (χ1n) is 9.90. The molecule has 0 saturated carbocycles. The monoisotopic (exact) mass is 471 g/mol. The Morgan fingerprint density at radius 1 is 1.06 bits per heavy atom. The number of aliphatic carboxylic acids is 1. The molecule has 5 atom stereocenters. The van der Waals surface area contributed by atoms with Gasteiger partial charge in [0.2, 0.25) is 23.6 Å². The van der Waals surface area contributed by atoms with Gasteiger partial charge in [-0.15, -0.1) is 0 Å². The van der Waals surface area contributed by atoms with Crippen molar-refractivity contribution in [3.63, 3.8) is 0 Å². The molecule has 0 aromatic carbocycles. The summed E-state index contributed by atoms with van der Waals surface area (Å²) in [6, 6.07) is -5.71. The fourth-order valence-corrected chi connectivity index (χ4v) is 2.60. The van der Waals surface area contributed by atoms with E-state index in [2.05, 4.69) is 25.9 Å². The Balaban J connectivity index is 2.87. The zero-order chi connectivity index (χ0) is 25.1. The average Bonchev–Trinajstić information content (AvgIpc) is 3.26. The highest BCUT2D eigenvalue weighted by Crippen LogP contribution is 2.03. The Morgan fingerprint density at radius 3 is 2.12 bits per heavy atom. The van der Waals surface area contributed by atoms with Crippen molar-refractivity contribution in [1.29, 1.82) is 0 Å². The minimum Gasteiger partial charge on any atom is -0.480 e. The maximum atomic E-state index is 12.6. The molecule has 0 radical (unpaired) electrons. The molecule has 0 spiro atoms. The summed E-state index contributed by atoms with van der Waals surface area (Å²) in [4.78, 5) is 66.2. The minimum absolute atomic E-state index is 0.137. The van der Waals surface area contributed by atoms with E-state index in [0.29, 0.717) is 5.69 Å². The Bertz CT molecular complexity index is 830. The molecule has 0 saturated heterocycles. The van der Waals surface area contributed by atoms with Crippen LogP contribution in [0.5, 0.6) is 0 Å². The van der Waals surface area contributed by atoms with Crippen LogP contribution in [0.25, 0.3) is 0 Å². The van der Waals surface area contributed by atoms with Gasteiger partial charge in [-0.25, -0.2) is 9.78 Å². The van der Waals surface area contributed by atoms with Crippen molar-refractivity contribution >= 4 is 29.6 Å². The van der Waals surface area contributed by atoms with Gasteiger partial charge < -0.3 is 47.7 Å². The van der Waals surface area contributed by atoms with Gasteiger partial charge in [0.05, 0.1) is 19.0 Å². The summed E-state index contributed by atoms with van der Waals surface area (Å²) in [6.45, 7) is 0.370. The molecular weight excluding hydrogens is 442 g/mol. The molecule has 1 aromatic heterocycles. The second-order valence-electron chi connectivity index (χ2n) is 7.26. The molecule has 0 aliphatic rings. The number of carboxylic acids is 1. The Morgan fingerprint density at radius 2 is 1.64 bits per heavy atom. The van der Waals surface area contributed by atoms with Crippen molar-refractivity contribution in [3.8, 4) is 0 Å². The number of primary amides is 1. The molecule has 1 aromatic rings. The maximum Gasteiger partial charge on any atom is 0.326 e. The quantitative estimate of drug-likeness (QED) is 0.125. The lowest BCUT2D eigenvalue weighted by Gasteiger charge is -2.24. The Kier molecular flexibility index (Phi) is 10.9. The van der Waals surface area contributed by atoms with Gasteiger partial charge in [-0.2, -0.15) is 0 Å². The number of imidazole rings is 1. The third kappa shape index (κ3) is 9.22. The molecule has 4 amide bonds. The fraction of sp³-hybridized carbons (Fsp3) is 0.556. The molecule has 15 nitrogen and oxygen atoms in total. The summed E-state index contributed by atoms with van der Waals surface area (Å²) in [7, 11) is 0. The van der Waals surface area contributed by atoms with Gasteiger partial charge in [0.15, 0.2) is 0 Å². The number of nitrogens with zero attached hydrogens (tertiary/aromatic N) is 1. The van der Waals surface area contributed by atoms with Crippen LogP contribution in [-0.4, -0.2) is 91.8 Å². The SMILES string of the molecule is CC(O)C(N)C(=O)NC(CCC(N)=O)C(=O)NC(CO)C(=O)NC(Cc1cnc[nH]1)C(=O)O. The third-order valence-electron chi connectivity index (χ3n) is 4.54. The first kappa shape index (κ1) is 27.5. The van der Waals surface area contributed by atoms with E-state index < -0.39 is 66.5 Å². The molecule has 1 rings (SSSR count). The van der Waals surface area contributed by atoms with E-state index in [9.17, 15) is 39.3 Å². The topological polar surface area (TPSA) is 263 Å². The van der Waals surface area contributed by atoms with Crippen LogP contribution in [0.4, 0.5) is 0 Å². The van der Waals surface area contributed by atoms with E-state index in [4.69, 9.17) is 11.5 Å². The standard InChI is InChI=1S/C18H29N7O8/c1-8(27)14(20)17(31)23-10(2-3-13(19)28)15(29)25-12(6-26)16(30)24-11(18(32)33)4-9-5-21-7-22-9/h5,7-8,10-12,14,26-27H,2-4,6,20H2,1H3,(H2,19,28)(H,21,22)(H,23,31)(H,24,30)(H,25,29)(H,32,33). The molecule has 0 fully saturated rings. The van der Waals surface area contributed by atoms with Crippen LogP contribution >= 0.6 is 0 Å². The summed E-state index contributed by atoms with van der Waals surface area (Å²) in [5.74, 6) is -4.98. The van der Waals surface area contributed by atoms with Gasteiger partial charge in [-0.3, -0.25) is 19.2 Å².